The van der Waals surface area contributed by atoms with Crippen LogP contribution in [-0.4, -0.2) is 5.11 Å². The average molecular weight is 275 g/mol. The quantitative estimate of drug-likeness (QED) is 0.858. The molecule has 19 heavy (non-hydrogen) atoms. The third-order valence-electron chi connectivity index (χ3n) is 3.21. The molecule has 1 nitrogen and oxygen atoms in total. The minimum Gasteiger partial charge on any atom is -0.384 e. The number of benzene rings is 2. The number of halogens is 1. The van der Waals surface area contributed by atoms with E-state index in [0.717, 1.165) is 29.5 Å². The minimum absolute atomic E-state index is 0.618. The molecule has 0 aromatic heterocycles. The second kappa shape index (κ2) is 6.23. The first kappa shape index (κ1) is 14.1. The van der Waals surface area contributed by atoms with Gasteiger partial charge in [0, 0.05) is 5.02 Å². The molecule has 2 aromatic rings. The Morgan fingerprint density at radius 3 is 2.32 bits per heavy atom. The van der Waals surface area contributed by atoms with E-state index in [1.807, 2.05) is 37.3 Å². The summed E-state index contributed by atoms with van der Waals surface area (Å²) in [6, 6.07) is 13.8. The first-order chi connectivity index (χ1) is 9.10. The fourth-order valence-electron chi connectivity index (χ4n) is 2.27. The normalized spacial score (nSPS) is 12.4. The van der Waals surface area contributed by atoms with Crippen LogP contribution in [0.15, 0.2) is 42.5 Å². The number of rotatable bonds is 4. The smallest absolute Gasteiger partial charge is 0.104 e. The second-order valence-electron chi connectivity index (χ2n) is 4.96. The summed E-state index contributed by atoms with van der Waals surface area (Å²) >= 11 is 6.04. The summed E-state index contributed by atoms with van der Waals surface area (Å²) < 4.78 is 0. The number of aryl methyl sites for hydroxylation is 2. The lowest BCUT2D eigenvalue weighted by atomic mass is 9.98. The molecular formula is C17H19ClO. The Labute approximate surface area is 119 Å². The van der Waals surface area contributed by atoms with Crippen molar-refractivity contribution in [1.82, 2.24) is 0 Å². The Morgan fingerprint density at radius 2 is 1.74 bits per heavy atom. The monoisotopic (exact) mass is 274 g/mol. The largest absolute Gasteiger partial charge is 0.384 e. The molecule has 2 heteroatoms. The Kier molecular flexibility index (Phi) is 4.62. The molecule has 0 aliphatic carbocycles. The van der Waals surface area contributed by atoms with Crippen molar-refractivity contribution in [2.45, 2.75) is 32.8 Å². The lowest BCUT2D eigenvalue weighted by molar-refractivity contribution is 0.220. The van der Waals surface area contributed by atoms with E-state index < -0.39 is 6.10 Å². The van der Waals surface area contributed by atoms with Crippen LogP contribution in [-0.2, 0) is 6.42 Å². The van der Waals surface area contributed by atoms with Gasteiger partial charge in [-0.15, -0.1) is 0 Å². The van der Waals surface area contributed by atoms with Gasteiger partial charge in [0.1, 0.15) is 6.10 Å². The zero-order chi connectivity index (χ0) is 13.8. The fourth-order valence-corrected chi connectivity index (χ4v) is 2.57. The van der Waals surface area contributed by atoms with E-state index in [-0.39, 0.29) is 0 Å². The van der Waals surface area contributed by atoms with Crippen LogP contribution in [0.2, 0.25) is 5.02 Å². The Balaban J connectivity index is 2.25. The van der Waals surface area contributed by atoms with E-state index in [9.17, 15) is 5.11 Å². The third kappa shape index (κ3) is 3.59. The Bertz CT molecular complexity index is 525. The van der Waals surface area contributed by atoms with Crippen molar-refractivity contribution in [2.75, 3.05) is 0 Å². The van der Waals surface area contributed by atoms with Crippen molar-refractivity contribution in [3.05, 3.63) is 69.7 Å². The molecule has 0 fully saturated rings. The topological polar surface area (TPSA) is 20.2 Å². The van der Waals surface area contributed by atoms with Crippen molar-refractivity contribution >= 4 is 11.6 Å². The molecule has 2 rings (SSSR count). The highest BCUT2D eigenvalue weighted by atomic mass is 35.5. The van der Waals surface area contributed by atoms with Crippen LogP contribution in [0.25, 0.3) is 0 Å². The first-order valence-electron chi connectivity index (χ1n) is 6.64. The van der Waals surface area contributed by atoms with Crippen LogP contribution in [0.4, 0.5) is 0 Å². The van der Waals surface area contributed by atoms with Gasteiger partial charge in [-0.1, -0.05) is 55.3 Å². The third-order valence-corrected chi connectivity index (χ3v) is 3.43. The van der Waals surface area contributed by atoms with Gasteiger partial charge in [-0.25, -0.2) is 0 Å². The molecule has 0 saturated heterocycles. The van der Waals surface area contributed by atoms with Crippen molar-refractivity contribution in [2.24, 2.45) is 0 Å². The maximum absolute atomic E-state index is 10.4. The standard InChI is InChI=1S/C17H19ClO/c1-3-4-13-5-7-14(8-6-13)17(19)15-9-12(2)10-16(18)11-15/h5-11,17,19H,3-4H2,1-2H3. The molecule has 0 saturated carbocycles. The van der Waals surface area contributed by atoms with Gasteiger partial charge in [-0.2, -0.15) is 0 Å². The molecular weight excluding hydrogens is 256 g/mol. The summed E-state index contributed by atoms with van der Waals surface area (Å²) in [7, 11) is 0. The number of hydrogen-bond acceptors (Lipinski definition) is 1. The van der Waals surface area contributed by atoms with E-state index in [2.05, 4.69) is 19.1 Å². The second-order valence-corrected chi connectivity index (χ2v) is 5.39. The van der Waals surface area contributed by atoms with Crippen LogP contribution in [0.5, 0.6) is 0 Å². The predicted molar refractivity (Wildman–Crippen MR) is 80.7 cm³/mol. The maximum Gasteiger partial charge on any atom is 0.104 e. The van der Waals surface area contributed by atoms with E-state index >= 15 is 0 Å². The molecule has 0 radical (unpaired) electrons. The SMILES string of the molecule is CCCc1ccc(C(O)c2cc(C)cc(Cl)c2)cc1. The highest BCUT2D eigenvalue weighted by Crippen LogP contribution is 2.26. The van der Waals surface area contributed by atoms with Crippen molar-refractivity contribution < 1.29 is 5.11 Å². The molecule has 0 heterocycles. The van der Waals surface area contributed by atoms with Crippen LogP contribution >= 0.6 is 11.6 Å². The summed E-state index contributed by atoms with van der Waals surface area (Å²) in [6.07, 6.45) is 1.59. The predicted octanol–water partition coefficient (Wildman–Crippen LogP) is 4.68. The van der Waals surface area contributed by atoms with E-state index in [1.165, 1.54) is 5.56 Å². The molecule has 0 aliphatic heterocycles. The van der Waals surface area contributed by atoms with Crippen LogP contribution in [0, 0.1) is 6.92 Å². The van der Waals surface area contributed by atoms with Gasteiger partial charge in [0.2, 0.25) is 0 Å². The first-order valence-corrected chi connectivity index (χ1v) is 7.02. The van der Waals surface area contributed by atoms with Crippen molar-refractivity contribution in [1.29, 1.82) is 0 Å². The van der Waals surface area contributed by atoms with Gasteiger partial charge in [-0.05, 0) is 47.7 Å². The molecule has 100 valence electrons. The van der Waals surface area contributed by atoms with Crippen LogP contribution in [0.3, 0.4) is 0 Å². The summed E-state index contributed by atoms with van der Waals surface area (Å²) in [5.41, 5.74) is 4.11. The molecule has 0 amide bonds. The van der Waals surface area contributed by atoms with E-state index in [1.54, 1.807) is 0 Å². The molecule has 1 unspecified atom stereocenters. The highest BCUT2D eigenvalue weighted by Gasteiger charge is 2.11. The summed E-state index contributed by atoms with van der Waals surface area (Å²) in [6.45, 7) is 4.14. The van der Waals surface area contributed by atoms with Gasteiger partial charge in [0.15, 0.2) is 0 Å². The molecule has 1 atom stereocenters. The lowest BCUT2D eigenvalue weighted by Crippen LogP contribution is -2.00. The molecule has 2 aromatic carbocycles. The zero-order valence-corrected chi connectivity index (χ0v) is 12.1. The zero-order valence-electron chi connectivity index (χ0n) is 11.4. The van der Waals surface area contributed by atoms with Gasteiger partial charge in [0.05, 0.1) is 0 Å². The Hall–Kier alpha value is -1.31. The van der Waals surface area contributed by atoms with Crippen LogP contribution < -0.4 is 0 Å². The Morgan fingerprint density at radius 1 is 1.05 bits per heavy atom. The number of aliphatic hydroxyl groups is 1. The van der Waals surface area contributed by atoms with Crippen molar-refractivity contribution in [3.63, 3.8) is 0 Å². The van der Waals surface area contributed by atoms with E-state index in [0.29, 0.717) is 5.02 Å². The van der Waals surface area contributed by atoms with Gasteiger partial charge in [-0.3, -0.25) is 0 Å². The summed E-state index contributed by atoms with van der Waals surface area (Å²) in [4.78, 5) is 0. The van der Waals surface area contributed by atoms with Crippen LogP contribution in [0.1, 0.15) is 41.7 Å². The lowest BCUT2D eigenvalue weighted by Gasteiger charge is -2.13. The van der Waals surface area contributed by atoms with Gasteiger partial charge in [0.25, 0.3) is 0 Å². The van der Waals surface area contributed by atoms with Gasteiger partial charge >= 0.3 is 0 Å². The summed E-state index contributed by atoms with van der Waals surface area (Å²) in [5, 5.41) is 11.1. The molecule has 0 spiro atoms. The fraction of sp³-hybridized carbons (Fsp3) is 0.294. The average Bonchev–Trinajstić information content (AvgIpc) is 2.38. The molecule has 0 aliphatic rings. The number of aliphatic hydroxyl groups excluding tert-OH is 1. The van der Waals surface area contributed by atoms with E-state index in [4.69, 9.17) is 11.6 Å². The molecule has 1 N–H and O–H groups in total. The van der Waals surface area contributed by atoms with Gasteiger partial charge < -0.3 is 5.11 Å². The van der Waals surface area contributed by atoms with Crippen molar-refractivity contribution in [3.8, 4) is 0 Å². The highest BCUT2D eigenvalue weighted by molar-refractivity contribution is 6.30. The number of hydrogen-bond donors (Lipinski definition) is 1. The minimum atomic E-state index is -0.618. The summed E-state index contributed by atoms with van der Waals surface area (Å²) in [5.74, 6) is 0. The molecule has 0 bridgehead atoms. The maximum atomic E-state index is 10.4.